The van der Waals surface area contributed by atoms with Crippen LogP contribution in [0.15, 0.2) is 0 Å². The molecule has 0 aromatic heterocycles. The van der Waals surface area contributed by atoms with E-state index in [0.717, 1.165) is 12.8 Å². The molecule has 0 aromatic rings. The van der Waals surface area contributed by atoms with Crippen LogP contribution >= 0.6 is 0 Å². The first-order chi connectivity index (χ1) is 6.40. The lowest BCUT2D eigenvalue weighted by atomic mass is 9.81. The van der Waals surface area contributed by atoms with Crippen molar-refractivity contribution in [3.63, 3.8) is 0 Å². The summed E-state index contributed by atoms with van der Waals surface area (Å²) < 4.78 is 5.11. The van der Waals surface area contributed by atoms with Crippen LogP contribution in [0.25, 0.3) is 0 Å². The molecule has 0 unspecified atom stereocenters. The summed E-state index contributed by atoms with van der Waals surface area (Å²) in [4.78, 5) is 11.3. The van der Waals surface area contributed by atoms with E-state index in [4.69, 9.17) is 11.2 Å². The summed E-state index contributed by atoms with van der Waals surface area (Å²) in [5, 5.41) is 2.78. The van der Waals surface area contributed by atoms with Gasteiger partial charge in [0.2, 0.25) is 0 Å². The fraction of sp³-hybridized carbons (Fsp3) is 0.727. The molecular weight excluding hydrogens is 178 g/mol. The van der Waals surface area contributed by atoms with Gasteiger partial charge in [-0.05, 0) is 33.6 Å². The zero-order valence-corrected chi connectivity index (χ0v) is 8.96. The topological polar surface area (TPSA) is 38.3 Å². The molecule has 14 heavy (non-hydrogen) atoms. The van der Waals surface area contributed by atoms with Crippen molar-refractivity contribution in [3.8, 4) is 12.3 Å². The van der Waals surface area contributed by atoms with Crippen molar-refractivity contribution in [2.45, 2.75) is 45.3 Å². The van der Waals surface area contributed by atoms with Gasteiger partial charge < -0.3 is 10.1 Å². The minimum atomic E-state index is -0.431. The number of hydrogen-bond acceptors (Lipinski definition) is 2. The van der Waals surface area contributed by atoms with E-state index in [1.54, 1.807) is 0 Å². The van der Waals surface area contributed by atoms with Crippen molar-refractivity contribution in [2.24, 2.45) is 5.92 Å². The highest BCUT2D eigenvalue weighted by atomic mass is 16.6. The second kappa shape index (κ2) is 3.91. The Morgan fingerprint density at radius 1 is 1.50 bits per heavy atom. The summed E-state index contributed by atoms with van der Waals surface area (Å²) in [6.07, 6.45) is 6.63. The van der Waals surface area contributed by atoms with Gasteiger partial charge in [-0.1, -0.05) is 0 Å². The third-order valence-electron chi connectivity index (χ3n) is 2.09. The van der Waals surface area contributed by atoms with Gasteiger partial charge in [0.1, 0.15) is 5.60 Å². The van der Waals surface area contributed by atoms with Crippen LogP contribution < -0.4 is 5.32 Å². The Labute approximate surface area is 85.2 Å². The Morgan fingerprint density at radius 3 is 2.50 bits per heavy atom. The highest BCUT2D eigenvalue weighted by molar-refractivity contribution is 5.68. The molecule has 78 valence electrons. The predicted molar refractivity (Wildman–Crippen MR) is 54.7 cm³/mol. The minimum Gasteiger partial charge on any atom is -0.444 e. The van der Waals surface area contributed by atoms with Gasteiger partial charge >= 0.3 is 6.09 Å². The smallest absolute Gasteiger partial charge is 0.407 e. The van der Waals surface area contributed by atoms with Gasteiger partial charge in [-0.15, -0.1) is 12.3 Å². The van der Waals surface area contributed by atoms with Crippen LogP contribution in [0.1, 0.15) is 33.6 Å². The Morgan fingerprint density at radius 2 is 2.07 bits per heavy atom. The lowest BCUT2D eigenvalue weighted by Crippen LogP contribution is -2.45. The normalized spacial score (nSPS) is 25.9. The number of alkyl carbamates (subject to hydrolysis) is 1. The van der Waals surface area contributed by atoms with E-state index in [-0.39, 0.29) is 12.1 Å². The third kappa shape index (κ3) is 3.29. The van der Waals surface area contributed by atoms with Gasteiger partial charge in [0.05, 0.1) is 0 Å². The number of hydrogen-bond donors (Lipinski definition) is 1. The maximum Gasteiger partial charge on any atom is 0.407 e. The molecule has 0 saturated heterocycles. The summed E-state index contributed by atoms with van der Waals surface area (Å²) in [5.41, 5.74) is -0.431. The number of carbonyl (C=O) groups is 1. The SMILES string of the molecule is C#C[C@H]1C[C@H](NC(=O)OC(C)(C)C)C1. The molecule has 1 fully saturated rings. The molecule has 0 radical (unpaired) electrons. The maximum atomic E-state index is 11.3. The quantitative estimate of drug-likeness (QED) is 0.649. The van der Waals surface area contributed by atoms with Crippen molar-refractivity contribution in [3.05, 3.63) is 0 Å². The highest BCUT2D eigenvalue weighted by Crippen LogP contribution is 2.26. The number of carbonyl (C=O) groups excluding carboxylic acids is 1. The van der Waals surface area contributed by atoms with Gasteiger partial charge in [-0.25, -0.2) is 4.79 Å². The second-order valence-electron chi connectivity index (χ2n) is 4.68. The Balaban J connectivity index is 2.21. The van der Waals surface area contributed by atoms with Gasteiger partial charge in [0.15, 0.2) is 0 Å². The van der Waals surface area contributed by atoms with Gasteiger partial charge in [-0.2, -0.15) is 0 Å². The van der Waals surface area contributed by atoms with E-state index in [1.807, 2.05) is 20.8 Å². The van der Waals surface area contributed by atoms with Crippen LogP contribution in [0, 0.1) is 18.3 Å². The van der Waals surface area contributed by atoms with Crippen molar-refractivity contribution in [1.29, 1.82) is 0 Å². The third-order valence-corrected chi connectivity index (χ3v) is 2.09. The van der Waals surface area contributed by atoms with Crippen LogP contribution in [-0.2, 0) is 4.74 Å². The molecule has 1 N–H and O–H groups in total. The van der Waals surface area contributed by atoms with Crippen LogP contribution in [-0.4, -0.2) is 17.7 Å². The fourth-order valence-electron chi connectivity index (χ4n) is 1.35. The second-order valence-corrected chi connectivity index (χ2v) is 4.68. The zero-order chi connectivity index (χ0) is 10.8. The lowest BCUT2D eigenvalue weighted by molar-refractivity contribution is 0.0467. The van der Waals surface area contributed by atoms with E-state index in [9.17, 15) is 4.79 Å². The molecule has 3 nitrogen and oxygen atoms in total. The summed E-state index contributed by atoms with van der Waals surface area (Å²) in [6, 6.07) is 0.200. The Kier molecular flexibility index (Phi) is 3.05. The number of ether oxygens (including phenoxy) is 1. The van der Waals surface area contributed by atoms with Crippen molar-refractivity contribution < 1.29 is 9.53 Å². The van der Waals surface area contributed by atoms with E-state index >= 15 is 0 Å². The minimum absolute atomic E-state index is 0.200. The van der Waals surface area contributed by atoms with E-state index in [0.29, 0.717) is 5.92 Å². The fourth-order valence-corrected chi connectivity index (χ4v) is 1.35. The average molecular weight is 195 g/mol. The molecule has 1 aliphatic rings. The van der Waals surface area contributed by atoms with Crippen LogP contribution in [0.4, 0.5) is 4.79 Å². The molecule has 0 heterocycles. The van der Waals surface area contributed by atoms with Crippen LogP contribution in [0.3, 0.4) is 0 Å². The van der Waals surface area contributed by atoms with Gasteiger partial charge in [0.25, 0.3) is 0 Å². The summed E-state index contributed by atoms with van der Waals surface area (Å²) in [5.74, 6) is 2.99. The highest BCUT2D eigenvalue weighted by Gasteiger charge is 2.30. The molecule has 0 spiro atoms. The maximum absolute atomic E-state index is 11.3. The largest absolute Gasteiger partial charge is 0.444 e. The molecular formula is C11H17NO2. The first-order valence-electron chi connectivity index (χ1n) is 4.86. The number of amides is 1. The van der Waals surface area contributed by atoms with Crippen molar-refractivity contribution >= 4 is 6.09 Å². The monoisotopic (exact) mass is 195 g/mol. The molecule has 0 bridgehead atoms. The lowest BCUT2D eigenvalue weighted by Gasteiger charge is -2.33. The van der Waals surface area contributed by atoms with Crippen LogP contribution in [0.5, 0.6) is 0 Å². The molecule has 3 heteroatoms. The van der Waals surface area contributed by atoms with Gasteiger partial charge in [-0.3, -0.25) is 0 Å². The van der Waals surface area contributed by atoms with Crippen LogP contribution in [0.2, 0.25) is 0 Å². The number of rotatable bonds is 1. The van der Waals surface area contributed by atoms with Crippen molar-refractivity contribution in [1.82, 2.24) is 5.32 Å². The standard InChI is InChI=1S/C11H17NO2/c1-5-8-6-9(7-8)12-10(13)14-11(2,3)4/h1,8-9H,6-7H2,2-4H3,(H,12,13)/t8-,9-. The molecule has 0 aromatic carbocycles. The average Bonchev–Trinajstić information content (AvgIpc) is 1.91. The molecule has 0 atom stereocenters. The first kappa shape index (κ1) is 10.9. The Bertz CT molecular complexity index is 253. The summed E-state index contributed by atoms with van der Waals surface area (Å²) in [7, 11) is 0. The zero-order valence-electron chi connectivity index (χ0n) is 8.96. The van der Waals surface area contributed by atoms with Crippen molar-refractivity contribution in [2.75, 3.05) is 0 Å². The number of terminal acetylenes is 1. The molecule has 1 aliphatic carbocycles. The summed E-state index contributed by atoms with van der Waals surface area (Å²) >= 11 is 0. The first-order valence-corrected chi connectivity index (χ1v) is 4.86. The predicted octanol–water partition coefficient (Wildman–Crippen LogP) is 1.92. The van der Waals surface area contributed by atoms with E-state index in [2.05, 4.69) is 11.2 Å². The van der Waals surface area contributed by atoms with E-state index < -0.39 is 5.60 Å². The summed E-state index contributed by atoms with van der Waals surface area (Å²) in [6.45, 7) is 5.53. The molecule has 1 amide bonds. The molecule has 0 aliphatic heterocycles. The van der Waals surface area contributed by atoms with Gasteiger partial charge in [0, 0.05) is 12.0 Å². The molecule has 1 rings (SSSR count). The van der Waals surface area contributed by atoms with E-state index in [1.165, 1.54) is 0 Å². The molecule has 1 saturated carbocycles. The Hall–Kier alpha value is -1.17. The number of nitrogens with one attached hydrogen (secondary N) is 1.